The zero-order valence-electron chi connectivity index (χ0n) is 17.0. The lowest BCUT2D eigenvalue weighted by Crippen LogP contribution is -2.12. The van der Waals surface area contributed by atoms with E-state index in [1.165, 1.54) is 11.1 Å². The largest absolute Gasteiger partial charge is 0.289 e. The minimum Gasteiger partial charge on any atom is -0.289 e. The maximum absolute atomic E-state index is 12.9. The Labute approximate surface area is 163 Å². The van der Waals surface area contributed by atoms with E-state index < -0.39 is 0 Å². The third kappa shape index (κ3) is 4.86. The molecule has 0 unspecified atom stereocenters. The molecule has 3 rings (SSSR count). The van der Waals surface area contributed by atoms with E-state index in [2.05, 4.69) is 88.4 Å². The van der Waals surface area contributed by atoms with Gasteiger partial charge in [-0.15, -0.1) is 0 Å². The van der Waals surface area contributed by atoms with Gasteiger partial charge < -0.3 is 0 Å². The molecule has 0 aromatic heterocycles. The molecule has 0 aliphatic heterocycles. The molecule has 2 aromatic rings. The minimum atomic E-state index is 0.210. The van der Waals surface area contributed by atoms with Gasteiger partial charge in [-0.05, 0) is 65.5 Å². The summed E-state index contributed by atoms with van der Waals surface area (Å²) in [5.74, 6) is 1.27. The molecule has 0 saturated heterocycles. The third-order valence-electron chi connectivity index (χ3n) is 5.36. The number of carbonyl (C=O) groups excluding carboxylic acids is 1. The fourth-order valence-corrected chi connectivity index (χ4v) is 3.53. The number of rotatable bonds is 4. The first-order chi connectivity index (χ1) is 12.9. The Morgan fingerprint density at radius 1 is 0.667 bits per heavy atom. The van der Waals surface area contributed by atoms with Crippen LogP contribution >= 0.6 is 0 Å². The Bertz CT molecular complexity index is 775. The van der Waals surface area contributed by atoms with E-state index in [4.69, 9.17) is 0 Å². The highest BCUT2D eigenvalue weighted by atomic mass is 16.1. The number of carbonyl (C=O) groups is 1. The zero-order valence-corrected chi connectivity index (χ0v) is 17.0. The number of hydrogen-bond acceptors (Lipinski definition) is 1. The van der Waals surface area contributed by atoms with E-state index in [9.17, 15) is 4.79 Å². The Morgan fingerprint density at radius 2 is 1.04 bits per heavy atom. The highest BCUT2D eigenvalue weighted by molar-refractivity contribution is 6.13. The highest BCUT2D eigenvalue weighted by Gasteiger charge is 2.20. The molecule has 0 radical (unpaired) electrons. The minimum absolute atomic E-state index is 0.210. The summed E-state index contributed by atoms with van der Waals surface area (Å²) in [7, 11) is 0. The zero-order chi connectivity index (χ0) is 19.4. The van der Waals surface area contributed by atoms with E-state index >= 15 is 0 Å². The van der Waals surface area contributed by atoms with Crippen molar-refractivity contribution in [1.82, 2.24) is 0 Å². The van der Waals surface area contributed by atoms with Crippen LogP contribution in [0.5, 0.6) is 0 Å². The van der Waals surface area contributed by atoms with Gasteiger partial charge in [-0.25, -0.2) is 0 Å². The van der Waals surface area contributed by atoms with Crippen LogP contribution in [0.3, 0.4) is 0 Å². The lowest BCUT2D eigenvalue weighted by atomic mass is 9.86. The van der Waals surface area contributed by atoms with Gasteiger partial charge in [-0.1, -0.05) is 76.2 Å². The first-order valence-corrected chi connectivity index (χ1v) is 10.1. The molecule has 1 aliphatic carbocycles. The number of hydrogen-bond donors (Lipinski definition) is 0. The molecule has 27 heavy (non-hydrogen) atoms. The van der Waals surface area contributed by atoms with Gasteiger partial charge in [-0.3, -0.25) is 4.79 Å². The van der Waals surface area contributed by atoms with Gasteiger partial charge in [0, 0.05) is 11.1 Å². The molecule has 0 bridgehead atoms. The van der Waals surface area contributed by atoms with Crippen LogP contribution in [-0.4, -0.2) is 5.78 Å². The normalized spacial score (nSPS) is 18.1. The molecule has 1 aliphatic rings. The standard InChI is InChI=1S/C26H30O/c1-18(2)22-12-8-20(9-13-22)16-24-6-5-7-25(26(24)27)17-21-10-14-23(15-11-21)19(3)4/h8-19H,5-7H2,1-4H3. The molecule has 0 N–H and O–H groups in total. The average molecular weight is 359 g/mol. The van der Waals surface area contributed by atoms with Crippen molar-refractivity contribution in [2.24, 2.45) is 0 Å². The van der Waals surface area contributed by atoms with E-state index in [1.54, 1.807) is 0 Å². The summed E-state index contributed by atoms with van der Waals surface area (Å²) in [5.41, 5.74) is 6.76. The van der Waals surface area contributed by atoms with Crippen molar-refractivity contribution >= 4 is 17.9 Å². The molecule has 1 heteroatoms. The predicted octanol–water partition coefficient (Wildman–Crippen LogP) is 7.15. The quantitative estimate of drug-likeness (QED) is 0.530. The van der Waals surface area contributed by atoms with Crippen LogP contribution in [-0.2, 0) is 4.79 Å². The fraction of sp³-hybridized carbons (Fsp3) is 0.346. The Hall–Kier alpha value is -2.41. The molecule has 2 aromatic carbocycles. The maximum Gasteiger partial charge on any atom is 0.185 e. The van der Waals surface area contributed by atoms with Gasteiger partial charge in [0.2, 0.25) is 0 Å². The van der Waals surface area contributed by atoms with Crippen LogP contribution in [0.25, 0.3) is 12.2 Å². The summed E-state index contributed by atoms with van der Waals surface area (Å²) >= 11 is 0. The first-order valence-electron chi connectivity index (χ1n) is 10.1. The summed E-state index contributed by atoms with van der Waals surface area (Å²) in [6.45, 7) is 8.79. The van der Waals surface area contributed by atoms with Crippen LogP contribution in [0.4, 0.5) is 0 Å². The second-order valence-electron chi connectivity index (χ2n) is 8.16. The van der Waals surface area contributed by atoms with Crippen molar-refractivity contribution in [2.45, 2.75) is 58.8 Å². The predicted molar refractivity (Wildman–Crippen MR) is 116 cm³/mol. The van der Waals surface area contributed by atoms with Gasteiger partial charge in [0.15, 0.2) is 5.78 Å². The maximum atomic E-state index is 12.9. The molecule has 0 amide bonds. The van der Waals surface area contributed by atoms with Crippen LogP contribution in [0.2, 0.25) is 0 Å². The Kier molecular flexibility index (Phi) is 6.11. The van der Waals surface area contributed by atoms with Gasteiger partial charge >= 0.3 is 0 Å². The van der Waals surface area contributed by atoms with Crippen LogP contribution in [0.15, 0.2) is 59.7 Å². The molecule has 1 fully saturated rings. The van der Waals surface area contributed by atoms with E-state index in [0.717, 1.165) is 41.5 Å². The number of allylic oxidation sites excluding steroid dienone is 2. The van der Waals surface area contributed by atoms with E-state index in [0.29, 0.717) is 11.8 Å². The summed E-state index contributed by atoms with van der Waals surface area (Å²) in [5, 5.41) is 0. The van der Waals surface area contributed by atoms with Gasteiger partial charge in [0.05, 0.1) is 0 Å². The molecule has 0 atom stereocenters. The lowest BCUT2D eigenvalue weighted by Gasteiger charge is -2.17. The van der Waals surface area contributed by atoms with Crippen LogP contribution in [0, 0.1) is 0 Å². The fourth-order valence-electron chi connectivity index (χ4n) is 3.53. The van der Waals surface area contributed by atoms with Crippen molar-refractivity contribution < 1.29 is 4.79 Å². The highest BCUT2D eigenvalue weighted by Crippen LogP contribution is 2.28. The number of ketones is 1. The summed E-state index contributed by atoms with van der Waals surface area (Å²) in [6, 6.07) is 17.1. The van der Waals surface area contributed by atoms with Crippen LogP contribution < -0.4 is 0 Å². The van der Waals surface area contributed by atoms with Gasteiger partial charge in [0.1, 0.15) is 0 Å². The molecular formula is C26H30O. The molecule has 140 valence electrons. The second-order valence-corrected chi connectivity index (χ2v) is 8.16. The van der Waals surface area contributed by atoms with Gasteiger partial charge in [0.25, 0.3) is 0 Å². The smallest absolute Gasteiger partial charge is 0.185 e. The molecule has 0 spiro atoms. The molecular weight excluding hydrogens is 328 g/mol. The van der Waals surface area contributed by atoms with Gasteiger partial charge in [-0.2, -0.15) is 0 Å². The summed E-state index contributed by atoms with van der Waals surface area (Å²) < 4.78 is 0. The third-order valence-corrected chi connectivity index (χ3v) is 5.36. The van der Waals surface area contributed by atoms with E-state index in [1.807, 2.05) is 0 Å². The molecule has 1 nitrogen and oxygen atoms in total. The summed E-state index contributed by atoms with van der Waals surface area (Å²) in [4.78, 5) is 12.9. The average Bonchev–Trinajstić information content (AvgIpc) is 2.66. The Balaban J connectivity index is 1.80. The topological polar surface area (TPSA) is 17.1 Å². The number of benzene rings is 2. The monoisotopic (exact) mass is 358 g/mol. The molecule has 1 saturated carbocycles. The van der Waals surface area contributed by atoms with Crippen LogP contribution in [0.1, 0.15) is 81.0 Å². The second kappa shape index (κ2) is 8.52. The van der Waals surface area contributed by atoms with Crippen molar-refractivity contribution in [1.29, 1.82) is 0 Å². The summed E-state index contributed by atoms with van der Waals surface area (Å²) in [6.07, 6.45) is 6.92. The SMILES string of the molecule is CC(C)c1ccc(C=C2CCCC(=Cc3ccc(C(C)C)cc3)C2=O)cc1. The first kappa shape index (κ1) is 19.4. The van der Waals surface area contributed by atoms with Crippen molar-refractivity contribution in [3.05, 3.63) is 81.9 Å². The van der Waals surface area contributed by atoms with Crippen molar-refractivity contribution in [2.75, 3.05) is 0 Å². The van der Waals surface area contributed by atoms with Crippen molar-refractivity contribution in [3.63, 3.8) is 0 Å². The Morgan fingerprint density at radius 3 is 1.37 bits per heavy atom. The van der Waals surface area contributed by atoms with Crippen molar-refractivity contribution in [3.8, 4) is 0 Å². The lowest BCUT2D eigenvalue weighted by molar-refractivity contribution is -0.112. The van der Waals surface area contributed by atoms with E-state index in [-0.39, 0.29) is 5.78 Å². The molecule has 0 heterocycles. The number of Topliss-reactive ketones (excluding diaryl/α,β-unsaturated/α-hetero) is 1.